The molecule has 0 aromatic carbocycles. The standard InChI is InChI=1S/C16H24N6/c1-10-9-11(2)22(20-10)16-18-13(4)12(3)15(19-16)21-7-5-14(17)6-8-21/h9,14H,5-8,17H2,1-4H3. The van der Waals surface area contributed by atoms with E-state index in [0.29, 0.717) is 12.0 Å². The van der Waals surface area contributed by atoms with Gasteiger partial charge in [-0.2, -0.15) is 10.1 Å². The lowest BCUT2D eigenvalue weighted by Gasteiger charge is -2.32. The van der Waals surface area contributed by atoms with E-state index in [0.717, 1.165) is 54.4 Å². The summed E-state index contributed by atoms with van der Waals surface area (Å²) in [5, 5.41) is 4.50. The van der Waals surface area contributed by atoms with Crippen molar-refractivity contribution in [1.29, 1.82) is 0 Å². The van der Waals surface area contributed by atoms with Gasteiger partial charge in [0.2, 0.25) is 0 Å². The highest BCUT2D eigenvalue weighted by molar-refractivity contribution is 5.50. The van der Waals surface area contributed by atoms with Gasteiger partial charge in [-0.15, -0.1) is 0 Å². The zero-order valence-electron chi connectivity index (χ0n) is 13.8. The molecule has 2 N–H and O–H groups in total. The highest BCUT2D eigenvalue weighted by atomic mass is 15.4. The molecule has 0 atom stereocenters. The van der Waals surface area contributed by atoms with E-state index in [2.05, 4.69) is 21.9 Å². The molecule has 1 saturated heterocycles. The van der Waals surface area contributed by atoms with Crippen LogP contribution in [0.2, 0.25) is 0 Å². The molecule has 22 heavy (non-hydrogen) atoms. The minimum absolute atomic E-state index is 0.315. The van der Waals surface area contributed by atoms with Crippen molar-refractivity contribution < 1.29 is 0 Å². The number of anilines is 1. The molecular weight excluding hydrogens is 276 g/mol. The molecule has 1 aliphatic heterocycles. The Hall–Kier alpha value is -1.95. The molecule has 0 saturated carbocycles. The summed E-state index contributed by atoms with van der Waals surface area (Å²) in [5.41, 5.74) is 10.2. The van der Waals surface area contributed by atoms with Crippen LogP contribution in [0.4, 0.5) is 5.82 Å². The Morgan fingerprint density at radius 3 is 2.36 bits per heavy atom. The third-order valence-corrected chi connectivity index (χ3v) is 4.39. The van der Waals surface area contributed by atoms with Crippen LogP contribution in [0.3, 0.4) is 0 Å². The number of hydrogen-bond donors (Lipinski definition) is 1. The zero-order valence-corrected chi connectivity index (χ0v) is 13.8. The van der Waals surface area contributed by atoms with E-state index in [1.54, 1.807) is 0 Å². The van der Waals surface area contributed by atoms with Crippen molar-refractivity contribution in [1.82, 2.24) is 19.7 Å². The summed E-state index contributed by atoms with van der Waals surface area (Å²) in [6.45, 7) is 10.0. The molecule has 0 bridgehead atoms. The minimum Gasteiger partial charge on any atom is -0.356 e. The Labute approximate surface area is 131 Å². The second kappa shape index (κ2) is 5.68. The molecule has 3 rings (SSSR count). The minimum atomic E-state index is 0.315. The van der Waals surface area contributed by atoms with Crippen LogP contribution in [-0.4, -0.2) is 38.9 Å². The normalized spacial score (nSPS) is 16.3. The van der Waals surface area contributed by atoms with E-state index >= 15 is 0 Å². The van der Waals surface area contributed by atoms with Gasteiger partial charge in [-0.25, -0.2) is 9.67 Å². The van der Waals surface area contributed by atoms with Crippen LogP contribution in [-0.2, 0) is 0 Å². The predicted molar refractivity (Wildman–Crippen MR) is 87.5 cm³/mol. The van der Waals surface area contributed by atoms with Gasteiger partial charge in [0.15, 0.2) is 0 Å². The van der Waals surface area contributed by atoms with Gasteiger partial charge in [-0.3, -0.25) is 0 Å². The third kappa shape index (κ3) is 2.70. The first-order chi connectivity index (χ1) is 10.5. The molecular formula is C16H24N6. The summed E-state index contributed by atoms with van der Waals surface area (Å²) in [4.78, 5) is 11.7. The molecule has 1 aliphatic rings. The van der Waals surface area contributed by atoms with Crippen molar-refractivity contribution >= 4 is 5.82 Å². The molecule has 0 unspecified atom stereocenters. The fraction of sp³-hybridized carbons (Fsp3) is 0.562. The number of nitrogens with zero attached hydrogens (tertiary/aromatic N) is 5. The number of piperidine rings is 1. The summed E-state index contributed by atoms with van der Waals surface area (Å²) < 4.78 is 1.82. The maximum Gasteiger partial charge on any atom is 0.252 e. The number of rotatable bonds is 2. The van der Waals surface area contributed by atoms with Gasteiger partial charge in [0.1, 0.15) is 5.82 Å². The summed E-state index contributed by atoms with van der Waals surface area (Å²) in [6.07, 6.45) is 2.02. The lowest BCUT2D eigenvalue weighted by Crippen LogP contribution is -2.40. The average molecular weight is 300 g/mol. The van der Waals surface area contributed by atoms with Gasteiger partial charge in [-0.1, -0.05) is 0 Å². The number of hydrogen-bond acceptors (Lipinski definition) is 5. The van der Waals surface area contributed by atoms with Crippen molar-refractivity contribution in [2.45, 2.75) is 46.6 Å². The van der Waals surface area contributed by atoms with Crippen molar-refractivity contribution in [3.05, 3.63) is 28.7 Å². The summed E-state index contributed by atoms with van der Waals surface area (Å²) >= 11 is 0. The van der Waals surface area contributed by atoms with Crippen molar-refractivity contribution in [3.63, 3.8) is 0 Å². The fourth-order valence-electron chi connectivity index (χ4n) is 2.94. The van der Waals surface area contributed by atoms with Gasteiger partial charge >= 0.3 is 0 Å². The first kappa shape index (κ1) is 15.0. The van der Waals surface area contributed by atoms with E-state index in [1.165, 1.54) is 0 Å². The van der Waals surface area contributed by atoms with Gasteiger partial charge in [0, 0.05) is 36.1 Å². The maximum atomic E-state index is 6.01. The molecule has 0 spiro atoms. The van der Waals surface area contributed by atoms with Gasteiger partial charge in [-0.05, 0) is 46.6 Å². The average Bonchev–Trinajstić information content (AvgIpc) is 2.82. The van der Waals surface area contributed by atoms with Crippen LogP contribution in [0.5, 0.6) is 0 Å². The molecule has 0 radical (unpaired) electrons. The highest BCUT2D eigenvalue weighted by Gasteiger charge is 2.21. The van der Waals surface area contributed by atoms with Crippen LogP contribution in [0.25, 0.3) is 5.95 Å². The number of aryl methyl sites for hydroxylation is 3. The molecule has 2 aromatic rings. The van der Waals surface area contributed by atoms with E-state index < -0.39 is 0 Å². The number of nitrogens with two attached hydrogens (primary N) is 1. The third-order valence-electron chi connectivity index (χ3n) is 4.39. The Bertz CT molecular complexity index is 682. The van der Waals surface area contributed by atoms with E-state index in [4.69, 9.17) is 10.7 Å². The summed E-state index contributed by atoms with van der Waals surface area (Å²) in [7, 11) is 0. The first-order valence-corrected chi connectivity index (χ1v) is 7.85. The Balaban J connectivity index is 2.02. The molecule has 3 heterocycles. The zero-order chi connectivity index (χ0) is 15.9. The highest BCUT2D eigenvalue weighted by Crippen LogP contribution is 2.24. The summed E-state index contributed by atoms with van der Waals surface area (Å²) in [6, 6.07) is 2.35. The fourth-order valence-corrected chi connectivity index (χ4v) is 2.94. The second-order valence-corrected chi connectivity index (χ2v) is 6.22. The van der Waals surface area contributed by atoms with Crippen molar-refractivity contribution in [3.8, 4) is 5.95 Å². The molecule has 6 heteroatoms. The van der Waals surface area contributed by atoms with E-state index in [9.17, 15) is 0 Å². The lowest BCUT2D eigenvalue weighted by atomic mass is 10.1. The quantitative estimate of drug-likeness (QED) is 0.916. The Morgan fingerprint density at radius 2 is 1.77 bits per heavy atom. The lowest BCUT2D eigenvalue weighted by molar-refractivity contribution is 0.497. The van der Waals surface area contributed by atoms with Crippen LogP contribution in [0.15, 0.2) is 6.07 Å². The van der Waals surface area contributed by atoms with E-state index in [1.807, 2.05) is 31.5 Å². The number of aromatic nitrogens is 4. The molecule has 1 fully saturated rings. The maximum absolute atomic E-state index is 6.01. The van der Waals surface area contributed by atoms with Gasteiger partial charge in [0.05, 0.1) is 5.69 Å². The van der Waals surface area contributed by atoms with Crippen molar-refractivity contribution in [2.24, 2.45) is 5.73 Å². The SMILES string of the molecule is Cc1cc(C)n(-c2nc(C)c(C)c(N3CCC(N)CC3)n2)n1. The predicted octanol–water partition coefficient (Wildman–Crippen LogP) is 1.82. The first-order valence-electron chi connectivity index (χ1n) is 7.85. The molecule has 6 nitrogen and oxygen atoms in total. The smallest absolute Gasteiger partial charge is 0.252 e. The molecule has 0 aliphatic carbocycles. The largest absolute Gasteiger partial charge is 0.356 e. The van der Waals surface area contributed by atoms with Crippen LogP contribution < -0.4 is 10.6 Å². The topological polar surface area (TPSA) is 72.9 Å². The second-order valence-electron chi connectivity index (χ2n) is 6.22. The monoisotopic (exact) mass is 300 g/mol. The van der Waals surface area contributed by atoms with Crippen molar-refractivity contribution in [2.75, 3.05) is 18.0 Å². The van der Waals surface area contributed by atoms with E-state index in [-0.39, 0.29) is 0 Å². The molecule has 118 valence electrons. The van der Waals surface area contributed by atoms with Gasteiger partial charge < -0.3 is 10.6 Å². The van der Waals surface area contributed by atoms with Gasteiger partial charge in [0.25, 0.3) is 5.95 Å². The molecule has 0 amide bonds. The Kier molecular flexibility index (Phi) is 3.87. The van der Waals surface area contributed by atoms with Crippen LogP contribution >= 0.6 is 0 Å². The van der Waals surface area contributed by atoms with Crippen LogP contribution in [0, 0.1) is 27.7 Å². The van der Waals surface area contributed by atoms with Crippen LogP contribution in [0.1, 0.15) is 35.5 Å². The Morgan fingerprint density at radius 1 is 1.09 bits per heavy atom. The molecule has 2 aromatic heterocycles. The summed E-state index contributed by atoms with van der Waals surface area (Å²) in [5.74, 6) is 1.67.